The second kappa shape index (κ2) is 14.8. The Kier molecular flexibility index (Phi) is 11.9. The van der Waals surface area contributed by atoms with Crippen molar-refractivity contribution in [3.8, 4) is 0 Å². The van der Waals surface area contributed by atoms with Crippen molar-refractivity contribution in [1.29, 1.82) is 0 Å². The topological polar surface area (TPSA) is 131 Å². The van der Waals surface area contributed by atoms with Gasteiger partial charge in [0.2, 0.25) is 11.8 Å². The van der Waals surface area contributed by atoms with Crippen molar-refractivity contribution in [2.75, 3.05) is 27.2 Å². The molecule has 5 N–H and O–H groups in total. The van der Waals surface area contributed by atoms with Crippen LogP contribution in [-0.4, -0.2) is 88.7 Å². The molecule has 43 heavy (non-hydrogen) atoms. The van der Waals surface area contributed by atoms with Gasteiger partial charge >= 0.3 is 0 Å². The van der Waals surface area contributed by atoms with Crippen LogP contribution in [0.25, 0.3) is 0 Å². The number of carbonyl (C=O) groups is 2. The zero-order chi connectivity index (χ0) is 31.9. The molecule has 1 aliphatic rings. The predicted octanol–water partition coefficient (Wildman–Crippen LogP) is 2.80. The Labute approximate surface area is 256 Å². The van der Waals surface area contributed by atoms with Gasteiger partial charge in [-0.15, -0.1) is 0 Å². The van der Waals surface area contributed by atoms with Crippen LogP contribution in [0.1, 0.15) is 80.9 Å². The van der Waals surface area contributed by atoms with Crippen LogP contribution in [0.15, 0.2) is 42.5 Å². The maximum absolute atomic E-state index is 12.5. The number of benzene rings is 2. The number of nitrogens with zero attached hydrogens (tertiary/aromatic N) is 1. The van der Waals surface area contributed by atoms with Gasteiger partial charge < -0.3 is 35.6 Å². The molecular formula is C34H51N3O6. The van der Waals surface area contributed by atoms with E-state index in [1.54, 1.807) is 27.7 Å². The van der Waals surface area contributed by atoms with Gasteiger partial charge in [0.25, 0.3) is 0 Å². The van der Waals surface area contributed by atoms with E-state index in [4.69, 9.17) is 4.74 Å². The highest BCUT2D eigenvalue weighted by molar-refractivity contribution is 5.90. The predicted molar refractivity (Wildman–Crippen MR) is 168 cm³/mol. The molecular weight excluding hydrogens is 546 g/mol. The van der Waals surface area contributed by atoms with Crippen molar-refractivity contribution in [2.24, 2.45) is 0 Å². The van der Waals surface area contributed by atoms with Crippen LogP contribution in [0.3, 0.4) is 0 Å². The maximum Gasteiger partial charge on any atom is 0.245 e. The molecule has 1 saturated heterocycles. The maximum atomic E-state index is 12.5. The van der Waals surface area contributed by atoms with Gasteiger partial charge in [0.05, 0.1) is 17.8 Å². The molecule has 1 heterocycles. The molecule has 0 bridgehead atoms. The molecule has 3 unspecified atom stereocenters. The number of aryl methyl sites for hydroxylation is 2. The summed E-state index contributed by atoms with van der Waals surface area (Å²) in [6.07, 6.45) is -0.707. The summed E-state index contributed by atoms with van der Waals surface area (Å²) in [4.78, 5) is 27.0. The number of likely N-dealkylation sites (N-methyl/N-ethyl adjacent to an activating group) is 1. The first-order valence-electron chi connectivity index (χ1n) is 15.2. The van der Waals surface area contributed by atoms with E-state index in [0.29, 0.717) is 19.4 Å². The van der Waals surface area contributed by atoms with E-state index in [-0.39, 0.29) is 18.2 Å². The van der Waals surface area contributed by atoms with Crippen LogP contribution in [0.5, 0.6) is 0 Å². The largest absolute Gasteiger partial charge is 0.390 e. The number of hydrogen-bond donors (Lipinski definition) is 5. The summed E-state index contributed by atoms with van der Waals surface area (Å²) in [6, 6.07) is 14.5. The van der Waals surface area contributed by atoms with Gasteiger partial charge in [0.1, 0.15) is 17.7 Å². The molecule has 9 nitrogen and oxygen atoms in total. The first-order chi connectivity index (χ1) is 20.1. The third kappa shape index (κ3) is 10.1. The second-order valence-electron chi connectivity index (χ2n) is 13.3. The fourth-order valence-corrected chi connectivity index (χ4v) is 5.33. The number of nitrogens with one attached hydrogen (secondary N) is 2. The lowest BCUT2D eigenvalue weighted by Gasteiger charge is -2.42. The first kappa shape index (κ1) is 34.7. The van der Waals surface area contributed by atoms with Crippen LogP contribution in [0, 0.1) is 6.92 Å². The van der Waals surface area contributed by atoms with Gasteiger partial charge in [-0.25, -0.2) is 0 Å². The van der Waals surface area contributed by atoms with Gasteiger partial charge in [-0.2, -0.15) is 0 Å². The molecule has 2 aromatic rings. The Morgan fingerprint density at radius 2 is 1.67 bits per heavy atom. The Morgan fingerprint density at radius 3 is 2.30 bits per heavy atom. The van der Waals surface area contributed by atoms with E-state index in [1.807, 2.05) is 31.1 Å². The normalized spacial score (nSPS) is 21.1. The van der Waals surface area contributed by atoms with E-state index < -0.39 is 35.6 Å². The van der Waals surface area contributed by atoms with Crippen LogP contribution in [0.4, 0.5) is 0 Å². The number of aliphatic hydroxyl groups is 3. The SMILES string of the molecule is Cc1ccc(C2CC(O)[C@H](O)C(C(C)(C)O)O2)cc1Cc1ccc(CCCC(=O)NC(C)(C)C(=O)NCCN(C)C)cc1. The van der Waals surface area contributed by atoms with Crippen molar-refractivity contribution in [3.05, 3.63) is 70.3 Å². The molecule has 1 aliphatic heterocycles. The molecule has 0 radical (unpaired) electrons. The van der Waals surface area contributed by atoms with Gasteiger partial charge in [0, 0.05) is 25.9 Å². The zero-order valence-electron chi connectivity index (χ0n) is 26.8. The standard InChI is InChI=1S/C34H51N3O6/c1-22-11-16-25(28-21-27(38)30(40)31(43-28)34(4,5)42)20-26(22)19-24-14-12-23(13-15-24)9-8-10-29(39)36-33(2,3)32(41)35-17-18-37(6)7/h11-16,20,27-28,30-31,38,40,42H,8-10,17-19,21H2,1-7H3,(H,35,41)(H,36,39)/t27?,28?,30-,31?/m0/s1. The summed E-state index contributed by atoms with van der Waals surface area (Å²) in [5, 5.41) is 37.0. The third-order valence-electron chi connectivity index (χ3n) is 8.06. The Balaban J connectivity index is 1.53. The molecule has 2 aromatic carbocycles. The van der Waals surface area contributed by atoms with E-state index in [2.05, 4.69) is 47.9 Å². The lowest BCUT2D eigenvalue weighted by Crippen LogP contribution is -2.55. The van der Waals surface area contributed by atoms with Crippen molar-refractivity contribution in [2.45, 2.75) is 102 Å². The van der Waals surface area contributed by atoms with Crippen LogP contribution >= 0.6 is 0 Å². The molecule has 0 aromatic heterocycles. The van der Waals surface area contributed by atoms with Gasteiger partial charge in [-0.05, 0) is 95.8 Å². The second-order valence-corrected chi connectivity index (χ2v) is 13.3. The highest BCUT2D eigenvalue weighted by atomic mass is 16.5. The van der Waals surface area contributed by atoms with E-state index in [9.17, 15) is 24.9 Å². The number of aliphatic hydroxyl groups excluding tert-OH is 2. The highest BCUT2D eigenvalue weighted by Gasteiger charge is 2.44. The summed E-state index contributed by atoms with van der Waals surface area (Å²) in [5.74, 6) is -0.336. The number of carbonyl (C=O) groups excluding carboxylic acids is 2. The van der Waals surface area contributed by atoms with Crippen molar-refractivity contribution >= 4 is 11.8 Å². The zero-order valence-corrected chi connectivity index (χ0v) is 26.8. The Morgan fingerprint density at radius 1 is 1.02 bits per heavy atom. The number of rotatable bonds is 13. The number of amides is 2. The van der Waals surface area contributed by atoms with Crippen LogP contribution in [0.2, 0.25) is 0 Å². The third-order valence-corrected chi connectivity index (χ3v) is 8.06. The summed E-state index contributed by atoms with van der Waals surface area (Å²) in [5.41, 5.74) is 3.22. The molecule has 2 amide bonds. The lowest BCUT2D eigenvalue weighted by molar-refractivity contribution is -0.223. The van der Waals surface area contributed by atoms with E-state index in [0.717, 1.165) is 47.2 Å². The molecule has 0 saturated carbocycles. The fourth-order valence-electron chi connectivity index (χ4n) is 5.33. The molecule has 0 spiro atoms. The van der Waals surface area contributed by atoms with Gasteiger partial charge in [0.15, 0.2) is 0 Å². The highest BCUT2D eigenvalue weighted by Crippen LogP contribution is 2.36. The van der Waals surface area contributed by atoms with Crippen molar-refractivity contribution in [3.63, 3.8) is 0 Å². The number of hydrogen-bond acceptors (Lipinski definition) is 7. The molecule has 0 aliphatic carbocycles. The monoisotopic (exact) mass is 597 g/mol. The van der Waals surface area contributed by atoms with E-state index >= 15 is 0 Å². The minimum atomic E-state index is -1.29. The Hall–Kier alpha value is -2.82. The average Bonchev–Trinajstić information content (AvgIpc) is 2.91. The number of ether oxygens (including phenoxy) is 1. The summed E-state index contributed by atoms with van der Waals surface area (Å²) in [7, 11) is 3.88. The first-order valence-corrected chi connectivity index (χ1v) is 15.2. The fraction of sp³-hybridized carbons (Fsp3) is 0.588. The molecule has 9 heteroatoms. The average molecular weight is 598 g/mol. The Bertz CT molecular complexity index is 1220. The summed E-state index contributed by atoms with van der Waals surface area (Å²) < 4.78 is 6.09. The lowest BCUT2D eigenvalue weighted by atomic mass is 9.86. The minimum Gasteiger partial charge on any atom is -0.390 e. The summed E-state index contributed by atoms with van der Waals surface area (Å²) in [6.45, 7) is 9.91. The summed E-state index contributed by atoms with van der Waals surface area (Å²) >= 11 is 0. The van der Waals surface area contributed by atoms with Crippen LogP contribution in [-0.2, 0) is 27.2 Å². The van der Waals surface area contributed by atoms with Crippen molar-refractivity contribution in [1.82, 2.24) is 15.5 Å². The van der Waals surface area contributed by atoms with Crippen LogP contribution < -0.4 is 10.6 Å². The molecule has 238 valence electrons. The molecule has 4 atom stereocenters. The minimum absolute atomic E-state index is 0.141. The van der Waals surface area contributed by atoms with Gasteiger partial charge in [-0.3, -0.25) is 9.59 Å². The van der Waals surface area contributed by atoms with E-state index in [1.165, 1.54) is 0 Å². The van der Waals surface area contributed by atoms with Gasteiger partial charge in [-0.1, -0.05) is 42.5 Å². The smallest absolute Gasteiger partial charge is 0.245 e. The van der Waals surface area contributed by atoms with Crippen molar-refractivity contribution < 1.29 is 29.6 Å². The molecule has 3 rings (SSSR count). The quantitative estimate of drug-likeness (QED) is 0.240. The molecule has 1 fully saturated rings.